The van der Waals surface area contributed by atoms with Crippen molar-refractivity contribution in [2.45, 2.75) is 19.4 Å². The number of nitrogens with zero attached hydrogens (tertiary/aromatic N) is 1. The summed E-state index contributed by atoms with van der Waals surface area (Å²) in [5.41, 5.74) is 1.42. The molecule has 0 amide bonds. The van der Waals surface area contributed by atoms with Crippen molar-refractivity contribution in [3.63, 3.8) is 0 Å². The van der Waals surface area contributed by atoms with Crippen molar-refractivity contribution >= 4 is 11.3 Å². The Hall–Kier alpha value is -0.460. The van der Waals surface area contributed by atoms with Crippen molar-refractivity contribution in [3.05, 3.63) is 22.4 Å². The summed E-state index contributed by atoms with van der Waals surface area (Å²) in [6.45, 7) is 7.74. The maximum absolute atomic E-state index is 5.24. The summed E-state index contributed by atoms with van der Waals surface area (Å²) < 4.78 is 10.4. The lowest BCUT2D eigenvalue weighted by molar-refractivity contribution is 0.0757. The number of hydrogen-bond acceptors (Lipinski definition) is 5. The zero-order chi connectivity index (χ0) is 14.6. The van der Waals surface area contributed by atoms with E-state index in [1.807, 2.05) is 0 Å². The minimum absolute atomic E-state index is 0.425. The predicted octanol–water partition coefficient (Wildman–Crippen LogP) is 1.86. The van der Waals surface area contributed by atoms with E-state index in [-0.39, 0.29) is 0 Å². The van der Waals surface area contributed by atoms with Gasteiger partial charge in [-0.25, -0.2) is 0 Å². The number of ether oxygens (including phenoxy) is 2. The van der Waals surface area contributed by atoms with Gasteiger partial charge >= 0.3 is 0 Å². The number of thiophene rings is 1. The molecular weight excluding hydrogens is 272 g/mol. The molecule has 1 unspecified atom stereocenters. The van der Waals surface area contributed by atoms with Gasteiger partial charge in [0.05, 0.1) is 13.2 Å². The van der Waals surface area contributed by atoms with E-state index in [0.717, 1.165) is 45.8 Å². The lowest BCUT2D eigenvalue weighted by atomic mass is 10.2. The Morgan fingerprint density at radius 1 is 1.25 bits per heavy atom. The first-order chi connectivity index (χ1) is 9.77. The third kappa shape index (κ3) is 7.36. The zero-order valence-electron chi connectivity index (χ0n) is 12.9. The lowest BCUT2D eigenvalue weighted by Crippen LogP contribution is -2.42. The maximum Gasteiger partial charge on any atom is 0.0615 e. The summed E-state index contributed by atoms with van der Waals surface area (Å²) >= 11 is 1.76. The molecule has 1 rings (SSSR count). The van der Waals surface area contributed by atoms with E-state index >= 15 is 0 Å². The van der Waals surface area contributed by atoms with Crippen LogP contribution in [0.5, 0.6) is 0 Å². The molecule has 116 valence electrons. The molecule has 1 heterocycles. The largest absolute Gasteiger partial charge is 0.383 e. The SMILES string of the molecule is COCCN(CCNCCc1ccsc1)C(C)COC. The normalized spacial score (nSPS) is 13.0. The fourth-order valence-corrected chi connectivity index (χ4v) is 2.83. The Balaban J connectivity index is 2.16. The van der Waals surface area contributed by atoms with Crippen molar-refractivity contribution < 1.29 is 9.47 Å². The van der Waals surface area contributed by atoms with Crippen LogP contribution in [0.25, 0.3) is 0 Å². The van der Waals surface area contributed by atoms with Gasteiger partial charge in [0.2, 0.25) is 0 Å². The molecular formula is C15H28N2O2S. The first-order valence-electron chi connectivity index (χ1n) is 7.21. The van der Waals surface area contributed by atoms with Gasteiger partial charge in [-0.05, 0) is 42.3 Å². The molecule has 0 fully saturated rings. The highest BCUT2D eigenvalue weighted by Gasteiger charge is 2.12. The van der Waals surface area contributed by atoms with Crippen LogP contribution < -0.4 is 5.32 Å². The molecule has 0 aliphatic rings. The Bertz CT molecular complexity index is 320. The van der Waals surface area contributed by atoms with E-state index < -0.39 is 0 Å². The van der Waals surface area contributed by atoms with Gasteiger partial charge in [-0.1, -0.05) is 0 Å². The molecule has 0 radical (unpaired) electrons. The quantitative estimate of drug-likeness (QED) is 0.598. The minimum atomic E-state index is 0.425. The smallest absolute Gasteiger partial charge is 0.0615 e. The Kier molecular flexibility index (Phi) is 9.87. The molecule has 1 aromatic heterocycles. The molecule has 5 heteroatoms. The van der Waals surface area contributed by atoms with Gasteiger partial charge in [-0.3, -0.25) is 4.90 Å². The van der Waals surface area contributed by atoms with Gasteiger partial charge in [0.15, 0.2) is 0 Å². The van der Waals surface area contributed by atoms with Crippen molar-refractivity contribution in [2.75, 3.05) is 53.6 Å². The van der Waals surface area contributed by atoms with E-state index in [1.165, 1.54) is 5.56 Å². The van der Waals surface area contributed by atoms with E-state index in [1.54, 1.807) is 25.6 Å². The molecule has 0 aliphatic heterocycles. The Morgan fingerprint density at radius 2 is 2.10 bits per heavy atom. The molecule has 1 aromatic rings. The highest BCUT2D eigenvalue weighted by molar-refractivity contribution is 7.07. The molecule has 0 spiro atoms. The summed E-state index contributed by atoms with van der Waals surface area (Å²) in [6, 6.07) is 2.62. The first kappa shape index (κ1) is 17.6. The second kappa shape index (κ2) is 11.2. The average Bonchev–Trinajstić information content (AvgIpc) is 2.95. The third-order valence-corrected chi connectivity index (χ3v) is 4.09. The van der Waals surface area contributed by atoms with E-state index in [9.17, 15) is 0 Å². The second-order valence-corrected chi connectivity index (χ2v) is 5.74. The van der Waals surface area contributed by atoms with Crippen molar-refractivity contribution in [1.29, 1.82) is 0 Å². The van der Waals surface area contributed by atoms with Crippen LogP contribution in [0.4, 0.5) is 0 Å². The molecule has 0 aromatic carbocycles. The Labute approximate surface area is 127 Å². The van der Waals surface area contributed by atoms with Gasteiger partial charge in [-0.2, -0.15) is 11.3 Å². The number of methoxy groups -OCH3 is 2. The van der Waals surface area contributed by atoms with Crippen LogP contribution in [-0.2, 0) is 15.9 Å². The first-order valence-corrected chi connectivity index (χ1v) is 8.16. The molecule has 0 bridgehead atoms. The van der Waals surface area contributed by atoms with E-state index in [4.69, 9.17) is 9.47 Å². The maximum atomic E-state index is 5.24. The highest BCUT2D eigenvalue weighted by Crippen LogP contribution is 2.05. The molecule has 0 saturated carbocycles. The van der Waals surface area contributed by atoms with Crippen LogP contribution in [0.2, 0.25) is 0 Å². The minimum Gasteiger partial charge on any atom is -0.383 e. The van der Waals surface area contributed by atoms with Crippen LogP contribution in [-0.4, -0.2) is 64.6 Å². The topological polar surface area (TPSA) is 33.7 Å². The van der Waals surface area contributed by atoms with Crippen LogP contribution >= 0.6 is 11.3 Å². The van der Waals surface area contributed by atoms with Gasteiger partial charge in [-0.15, -0.1) is 0 Å². The molecule has 0 aliphatic carbocycles. The number of rotatable bonds is 12. The molecule has 1 N–H and O–H groups in total. The summed E-state index contributed by atoms with van der Waals surface area (Å²) in [6.07, 6.45) is 1.11. The molecule has 4 nitrogen and oxygen atoms in total. The van der Waals surface area contributed by atoms with Crippen LogP contribution in [0.15, 0.2) is 16.8 Å². The lowest BCUT2D eigenvalue weighted by Gasteiger charge is -2.28. The van der Waals surface area contributed by atoms with Crippen LogP contribution in [0.1, 0.15) is 12.5 Å². The monoisotopic (exact) mass is 300 g/mol. The summed E-state index contributed by atoms with van der Waals surface area (Å²) in [4.78, 5) is 2.41. The number of nitrogens with one attached hydrogen (secondary N) is 1. The molecule has 0 saturated heterocycles. The Morgan fingerprint density at radius 3 is 2.75 bits per heavy atom. The van der Waals surface area contributed by atoms with Crippen molar-refractivity contribution in [2.24, 2.45) is 0 Å². The zero-order valence-corrected chi connectivity index (χ0v) is 13.7. The van der Waals surface area contributed by atoms with Gasteiger partial charge in [0, 0.05) is 39.9 Å². The number of hydrogen-bond donors (Lipinski definition) is 1. The molecule has 1 atom stereocenters. The predicted molar refractivity (Wildman–Crippen MR) is 85.7 cm³/mol. The second-order valence-electron chi connectivity index (χ2n) is 4.96. The fourth-order valence-electron chi connectivity index (χ4n) is 2.12. The summed E-state index contributed by atoms with van der Waals surface area (Å²) in [5.74, 6) is 0. The van der Waals surface area contributed by atoms with Crippen LogP contribution in [0, 0.1) is 0 Å². The average molecular weight is 300 g/mol. The highest BCUT2D eigenvalue weighted by atomic mass is 32.1. The van der Waals surface area contributed by atoms with E-state index in [0.29, 0.717) is 6.04 Å². The van der Waals surface area contributed by atoms with E-state index in [2.05, 4.69) is 34.0 Å². The fraction of sp³-hybridized carbons (Fsp3) is 0.733. The third-order valence-electron chi connectivity index (χ3n) is 3.36. The van der Waals surface area contributed by atoms with Gasteiger partial charge in [0.25, 0.3) is 0 Å². The van der Waals surface area contributed by atoms with Crippen molar-refractivity contribution in [3.8, 4) is 0 Å². The van der Waals surface area contributed by atoms with Crippen molar-refractivity contribution in [1.82, 2.24) is 10.2 Å². The van der Waals surface area contributed by atoms with Crippen LogP contribution in [0.3, 0.4) is 0 Å². The van der Waals surface area contributed by atoms with Gasteiger partial charge in [0.1, 0.15) is 0 Å². The molecule has 20 heavy (non-hydrogen) atoms. The summed E-state index contributed by atoms with van der Waals surface area (Å²) in [7, 11) is 3.50. The summed E-state index contributed by atoms with van der Waals surface area (Å²) in [5, 5.41) is 7.86. The van der Waals surface area contributed by atoms with Gasteiger partial charge < -0.3 is 14.8 Å². The standard InChI is InChI=1S/C15H28N2O2S/c1-14(12-19-3)17(9-10-18-2)8-7-16-6-4-15-5-11-20-13-15/h5,11,13-14,16H,4,6-10,12H2,1-3H3.